The van der Waals surface area contributed by atoms with Crippen LogP contribution in [0.5, 0.6) is 11.5 Å². The Balaban J connectivity index is 1.58. The number of imide groups is 1. The van der Waals surface area contributed by atoms with E-state index in [1.54, 1.807) is 30.3 Å². The number of hydrogen-bond donors (Lipinski definition) is 1. The lowest BCUT2D eigenvalue weighted by atomic mass is 10.1. The number of rotatable bonds is 8. The van der Waals surface area contributed by atoms with E-state index >= 15 is 0 Å². The summed E-state index contributed by atoms with van der Waals surface area (Å²) in [5.74, 6) is -1.57. The first-order chi connectivity index (χ1) is 16.9. The van der Waals surface area contributed by atoms with Crippen LogP contribution in [0.25, 0.3) is 6.08 Å². The van der Waals surface area contributed by atoms with Crippen molar-refractivity contribution in [2.24, 2.45) is 0 Å². The number of nitrogens with zero attached hydrogens (tertiary/aromatic N) is 1. The summed E-state index contributed by atoms with van der Waals surface area (Å²) in [6, 6.07) is 16.1. The molecule has 1 heterocycles. The van der Waals surface area contributed by atoms with E-state index in [0.29, 0.717) is 28.2 Å². The number of ether oxygens (including phenoxy) is 2. The van der Waals surface area contributed by atoms with E-state index in [4.69, 9.17) is 9.47 Å². The molecule has 0 bridgehead atoms. The van der Waals surface area contributed by atoms with Gasteiger partial charge >= 0.3 is 6.03 Å². The first-order valence-corrected chi connectivity index (χ1v) is 10.5. The molecule has 0 aliphatic carbocycles. The van der Waals surface area contributed by atoms with Crippen molar-refractivity contribution in [2.45, 2.75) is 13.2 Å². The molecule has 3 amide bonds. The van der Waals surface area contributed by atoms with Gasteiger partial charge in [-0.3, -0.25) is 9.69 Å². The van der Waals surface area contributed by atoms with Gasteiger partial charge in [-0.2, -0.15) is 0 Å². The number of carboxylic acid groups (broad SMARTS) is 1. The molecule has 0 atom stereocenters. The Labute approximate surface area is 200 Å². The highest BCUT2D eigenvalue weighted by atomic mass is 19.1. The lowest BCUT2D eigenvalue weighted by molar-refractivity contribution is -0.255. The first kappa shape index (κ1) is 23.5. The van der Waals surface area contributed by atoms with Gasteiger partial charge in [0, 0.05) is 5.56 Å². The van der Waals surface area contributed by atoms with Gasteiger partial charge in [0.05, 0.1) is 19.6 Å². The number of carbonyl (C=O) groups excluding carboxylic acids is 3. The highest BCUT2D eigenvalue weighted by Crippen LogP contribution is 2.34. The molecule has 1 aliphatic rings. The molecule has 3 aromatic rings. The Morgan fingerprint density at radius 3 is 2.51 bits per heavy atom. The first-order valence-electron chi connectivity index (χ1n) is 10.5. The van der Waals surface area contributed by atoms with Crippen LogP contribution in [0.3, 0.4) is 0 Å². The van der Waals surface area contributed by atoms with E-state index in [2.05, 4.69) is 5.32 Å². The Bertz CT molecular complexity index is 1320. The third-order valence-electron chi connectivity index (χ3n) is 5.29. The molecular formula is C26H20FN2O6-. The molecule has 3 aromatic carbocycles. The Hall–Kier alpha value is -4.66. The van der Waals surface area contributed by atoms with E-state index in [9.17, 15) is 23.9 Å². The summed E-state index contributed by atoms with van der Waals surface area (Å²) in [6.07, 6.45) is 1.47. The van der Waals surface area contributed by atoms with Crippen LogP contribution in [0.1, 0.15) is 27.0 Å². The molecule has 1 aliphatic heterocycles. The van der Waals surface area contributed by atoms with Gasteiger partial charge in [-0.25, -0.2) is 9.18 Å². The van der Waals surface area contributed by atoms with Crippen molar-refractivity contribution < 1.29 is 33.4 Å². The number of para-hydroxylation sites is 1. The number of halogens is 1. The molecule has 4 rings (SSSR count). The standard InChI is InChI=1S/C26H21FN2O6/c1-34-22-7-3-5-18(23(22)35-15-17-4-2-6-19(12-17)25(31)32)13-21-24(30)29(26(33)28-21)14-16-8-10-20(27)11-9-16/h2-13H,14-15H2,1H3,(H,28,33)(H,31,32)/p-1. The van der Waals surface area contributed by atoms with Gasteiger partial charge in [-0.1, -0.05) is 42.5 Å². The van der Waals surface area contributed by atoms with Crippen LogP contribution in [-0.4, -0.2) is 29.9 Å². The molecule has 9 heteroatoms. The molecule has 1 saturated heterocycles. The van der Waals surface area contributed by atoms with Crippen LogP contribution >= 0.6 is 0 Å². The Morgan fingerprint density at radius 1 is 1.06 bits per heavy atom. The summed E-state index contributed by atoms with van der Waals surface area (Å²) in [6.45, 7) is 0.00714. The number of amides is 3. The van der Waals surface area contributed by atoms with E-state index < -0.39 is 23.7 Å². The molecule has 0 unspecified atom stereocenters. The van der Waals surface area contributed by atoms with E-state index in [1.165, 1.54) is 49.6 Å². The Morgan fingerprint density at radius 2 is 1.80 bits per heavy atom. The fourth-order valence-corrected chi connectivity index (χ4v) is 3.55. The van der Waals surface area contributed by atoms with E-state index in [-0.39, 0.29) is 24.4 Å². The number of aromatic carboxylic acids is 1. The molecule has 8 nitrogen and oxygen atoms in total. The lowest BCUT2D eigenvalue weighted by Crippen LogP contribution is -2.30. The quantitative estimate of drug-likeness (QED) is 0.397. The average molecular weight is 475 g/mol. The van der Waals surface area contributed by atoms with Crippen LogP contribution in [0, 0.1) is 5.82 Å². The number of methoxy groups -OCH3 is 1. The largest absolute Gasteiger partial charge is 0.545 e. The normalized spacial score (nSPS) is 14.2. The summed E-state index contributed by atoms with van der Waals surface area (Å²) in [7, 11) is 1.46. The summed E-state index contributed by atoms with van der Waals surface area (Å²) >= 11 is 0. The monoisotopic (exact) mass is 475 g/mol. The van der Waals surface area contributed by atoms with Gasteiger partial charge in [-0.05, 0) is 47.0 Å². The molecular weight excluding hydrogens is 455 g/mol. The third kappa shape index (κ3) is 5.30. The topological polar surface area (TPSA) is 108 Å². The van der Waals surface area contributed by atoms with Crippen molar-refractivity contribution in [1.82, 2.24) is 10.2 Å². The van der Waals surface area contributed by atoms with Gasteiger partial charge in [0.15, 0.2) is 11.5 Å². The van der Waals surface area contributed by atoms with Crippen LogP contribution < -0.4 is 19.9 Å². The maximum absolute atomic E-state index is 13.2. The number of carbonyl (C=O) groups is 3. The van der Waals surface area contributed by atoms with Crippen LogP contribution in [0.4, 0.5) is 9.18 Å². The molecule has 0 spiro atoms. The second-order valence-corrected chi connectivity index (χ2v) is 7.66. The maximum atomic E-state index is 13.2. The molecule has 0 saturated carbocycles. The van der Waals surface area contributed by atoms with Crippen molar-refractivity contribution in [2.75, 3.05) is 7.11 Å². The van der Waals surface area contributed by atoms with E-state index in [1.807, 2.05) is 0 Å². The summed E-state index contributed by atoms with van der Waals surface area (Å²) < 4.78 is 24.5. The fourth-order valence-electron chi connectivity index (χ4n) is 3.55. The zero-order chi connectivity index (χ0) is 24.9. The molecule has 1 fully saturated rings. The molecule has 35 heavy (non-hydrogen) atoms. The predicted molar refractivity (Wildman–Crippen MR) is 122 cm³/mol. The number of carboxylic acids is 1. The minimum absolute atomic E-state index is 0.0153. The lowest BCUT2D eigenvalue weighted by Gasteiger charge is -2.14. The van der Waals surface area contributed by atoms with E-state index in [0.717, 1.165) is 4.90 Å². The highest BCUT2D eigenvalue weighted by molar-refractivity contribution is 6.14. The average Bonchev–Trinajstić information content (AvgIpc) is 3.11. The number of urea groups is 1. The maximum Gasteiger partial charge on any atom is 0.329 e. The number of benzene rings is 3. The SMILES string of the molecule is COc1cccc(C=C2NC(=O)N(Cc3ccc(F)cc3)C2=O)c1OCc1cccc(C(=O)[O-])c1. The van der Waals surface area contributed by atoms with Crippen molar-refractivity contribution >= 4 is 24.0 Å². The number of hydrogen-bond acceptors (Lipinski definition) is 6. The fraction of sp³-hybridized carbons (Fsp3) is 0.115. The zero-order valence-electron chi connectivity index (χ0n) is 18.6. The van der Waals surface area contributed by atoms with Gasteiger partial charge < -0.3 is 24.7 Å². The second kappa shape index (κ2) is 10.1. The summed E-state index contributed by atoms with van der Waals surface area (Å²) in [4.78, 5) is 37.5. The van der Waals surface area contributed by atoms with Crippen molar-refractivity contribution in [1.29, 1.82) is 0 Å². The smallest absolute Gasteiger partial charge is 0.329 e. The van der Waals surface area contributed by atoms with Crippen LogP contribution in [0.15, 0.2) is 72.4 Å². The highest BCUT2D eigenvalue weighted by Gasteiger charge is 2.33. The minimum Gasteiger partial charge on any atom is -0.545 e. The van der Waals surface area contributed by atoms with Gasteiger partial charge in [-0.15, -0.1) is 0 Å². The predicted octanol–water partition coefficient (Wildman–Crippen LogP) is 2.87. The van der Waals surface area contributed by atoms with Gasteiger partial charge in [0.1, 0.15) is 18.1 Å². The molecule has 0 aromatic heterocycles. The second-order valence-electron chi connectivity index (χ2n) is 7.66. The van der Waals surface area contributed by atoms with Crippen molar-refractivity contribution in [3.05, 3.63) is 100 Å². The molecule has 1 N–H and O–H groups in total. The van der Waals surface area contributed by atoms with Crippen LogP contribution in [-0.2, 0) is 17.9 Å². The minimum atomic E-state index is -1.30. The number of nitrogens with one attached hydrogen (secondary N) is 1. The third-order valence-corrected chi connectivity index (χ3v) is 5.29. The molecule has 178 valence electrons. The molecule has 0 radical (unpaired) electrons. The van der Waals surface area contributed by atoms with Crippen molar-refractivity contribution in [3.8, 4) is 11.5 Å². The van der Waals surface area contributed by atoms with Gasteiger partial charge in [0.2, 0.25) is 0 Å². The Kier molecular flexibility index (Phi) is 6.77. The summed E-state index contributed by atoms with van der Waals surface area (Å²) in [5, 5.41) is 13.7. The zero-order valence-corrected chi connectivity index (χ0v) is 18.6. The summed E-state index contributed by atoms with van der Waals surface area (Å²) in [5.41, 5.74) is 1.71. The van der Waals surface area contributed by atoms with Gasteiger partial charge in [0.25, 0.3) is 5.91 Å². The van der Waals surface area contributed by atoms with Crippen molar-refractivity contribution in [3.63, 3.8) is 0 Å². The van der Waals surface area contributed by atoms with Crippen LogP contribution in [0.2, 0.25) is 0 Å².